The number of fused-ring (bicyclic) bond motifs is 1. The summed E-state index contributed by atoms with van der Waals surface area (Å²) in [5, 5.41) is 2.76. The minimum Gasteiger partial charge on any atom is -0.308 e. The van der Waals surface area contributed by atoms with Crippen LogP contribution in [-0.2, 0) is 4.79 Å². The summed E-state index contributed by atoms with van der Waals surface area (Å²) in [5.74, 6) is -0.0376. The molecule has 3 rings (SSSR count). The summed E-state index contributed by atoms with van der Waals surface area (Å²) in [6, 6.07) is 10.2. The summed E-state index contributed by atoms with van der Waals surface area (Å²) in [6.45, 7) is 1.39. The van der Waals surface area contributed by atoms with Crippen molar-refractivity contribution in [1.82, 2.24) is 9.88 Å². The number of rotatable bonds is 7. The first kappa shape index (κ1) is 21.9. The zero-order chi connectivity index (χ0) is 18.5. The molecule has 0 unspecified atom stereocenters. The van der Waals surface area contributed by atoms with Crippen LogP contribution in [0.1, 0.15) is 4.88 Å². The number of anilines is 1. The van der Waals surface area contributed by atoms with Crippen LogP contribution in [0.25, 0.3) is 16.3 Å². The summed E-state index contributed by atoms with van der Waals surface area (Å²) < 4.78 is 1.11. The molecule has 0 aliphatic carbocycles. The number of thioether (sulfide) groups is 1. The van der Waals surface area contributed by atoms with Gasteiger partial charge in [-0.1, -0.05) is 17.4 Å². The Morgan fingerprint density at radius 3 is 2.74 bits per heavy atom. The van der Waals surface area contributed by atoms with Crippen molar-refractivity contribution in [3.8, 4) is 0 Å². The molecule has 1 aromatic carbocycles. The third-order valence-corrected chi connectivity index (χ3v) is 6.39. The van der Waals surface area contributed by atoms with Gasteiger partial charge in [0, 0.05) is 28.9 Å². The topological polar surface area (TPSA) is 36.4 Å². The van der Waals surface area contributed by atoms with Gasteiger partial charge < -0.3 is 4.90 Å². The summed E-state index contributed by atoms with van der Waals surface area (Å²) in [6.07, 6.45) is 5.57. The lowest BCUT2D eigenvalue weighted by atomic mass is 10.3. The molecule has 0 N–H and O–H groups in total. The molecule has 0 fully saturated rings. The van der Waals surface area contributed by atoms with Crippen LogP contribution >= 0.6 is 46.8 Å². The Balaban J connectivity index is 0.00000261. The summed E-state index contributed by atoms with van der Waals surface area (Å²) >= 11 is 4.90. The summed E-state index contributed by atoms with van der Waals surface area (Å²) in [7, 11) is 4.01. The van der Waals surface area contributed by atoms with Crippen molar-refractivity contribution in [3.05, 3.63) is 46.7 Å². The van der Waals surface area contributed by atoms with Gasteiger partial charge in [0.15, 0.2) is 5.13 Å². The number of thiazole rings is 1. The fraction of sp³-hybridized carbons (Fsp3) is 0.263. The number of hydrogen-bond acceptors (Lipinski definition) is 6. The van der Waals surface area contributed by atoms with Gasteiger partial charge in [-0.25, -0.2) is 4.98 Å². The Morgan fingerprint density at radius 2 is 2.07 bits per heavy atom. The number of amides is 1. The Labute approximate surface area is 178 Å². The fourth-order valence-corrected chi connectivity index (χ4v) is 4.53. The minimum atomic E-state index is -0.0376. The van der Waals surface area contributed by atoms with Gasteiger partial charge in [-0.15, -0.1) is 35.5 Å². The molecule has 0 spiro atoms. The predicted molar refractivity (Wildman–Crippen MR) is 123 cm³/mol. The summed E-state index contributed by atoms with van der Waals surface area (Å²) in [5.41, 5.74) is 0.938. The lowest BCUT2D eigenvalue weighted by Gasteiger charge is -2.20. The van der Waals surface area contributed by atoms with Crippen LogP contribution in [-0.4, -0.2) is 49.2 Å². The highest BCUT2D eigenvalue weighted by Gasteiger charge is 2.18. The number of thiophene rings is 1. The largest absolute Gasteiger partial charge is 0.308 e. The molecule has 2 aromatic heterocycles. The van der Waals surface area contributed by atoms with E-state index < -0.39 is 0 Å². The third kappa shape index (κ3) is 5.80. The molecule has 3 aromatic rings. The second-order valence-corrected chi connectivity index (χ2v) is 8.84. The van der Waals surface area contributed by atoms with E-state index in [0.29, 0.717) is 6.54 Å². The Bertz CT molecular complexity index is 906. The predicted octanol–water partition coefficient (Wildman–Crippen LogP) is 5.11. The fourth-order valence-electron chi connectivity index (χ4n) is 2.36. The number of benzene rings is 1. The van der Waals surface area contributed by atoms with Gasteiger partial charge in [0.05, 0.1) is 10.2 Å². The van der Waals surface area contributed by atoms with Gasteiger partial charge in [0.2, 0.25) is 0 Å². The van der Waals surface area contributed by atoms with Gasteiger partial charge in [-0.3, -0.25) is 9.69 Å². The van der Waals surface area contributed by atoms with Crippen molar-refractivity contribution in [3.63, 3.8) is 0 Å². The molecule has 0 saturated heterocycles. The van der Waals surface area contributed by atoms with Crippen molar-refractivity contribution in [2.24, 2.45) is 0 Å². The monoisotopic (exact) mass is 439 g/mol. The van der Waals surface area contributed by atoms with Gasteiger partial charge in [-0.2, -0.15) is 0 Å². The smallest absolute Gasteiger partial charge is 0.252 e. The molecule has 144 valence electrons. The van der Waals surface area contributed by atoms with E-state index in [2.05, 4.69) is 23.3 Å². The molecule has 2 heterocycles. The van der Waals surface area contributed by atoms with Crippen molar-refractivity contribution < 1.29 is 4.79 Å². The molecule has 8 heteroatoms. The quantitative estimate of drug-likeness (QED) is 0.378. The number of nitrogens with zero attached hydrogens (tertiary/aromatic N) is 3. The molecule has 0 atom stereocenters. The van der Waals surface area contributed by atoms with E-state index in [1.54, 1.807) is 45.4 Å². The molecule has 0 aliphatic rings. The first-order valence-corrected chi connectivity index (χ1v) is 11.1. The first-order valence-electron chi connectivity index (χ1n) is 8.19. The maximum atomic E-state index is 12.8. The van der Waals surface area contributed by atoms with Crippen molar-refractivity contribution in [2.45, 2.75) is 4.90 Å². The van der Waals surface area contributed by atoms with Crippen molar-refractivity contribution >= 4 is 74.2 Å². The molecule has 27 heavy (non-hydrogen) atoms. The van der Waals surface area contributed by atoms with Crippen LogP contribution < -0.4 is 4.90 Å². The summed E-state index contributed by atoms with van der Waals surface area (Å²) in [4.78, 5) is 23.7. The van der Waals surface area contributed by atoms with Crippen LogP contribution in [0.3, 0.4) is 0 Å². The van der Waals surface area contributed by atoms with Crippen molar-refractivity contribution in [1.29, 1.82) is 0 Å². The molecule has 0 aliphatic heterocycles. The second kappa shape index (κ2) is 10.2. The van der Waals surface area contributed by atoms with Crippen molar-refractivity contribution in [2.75, 3.05) is 38.3 Å². The molecular weight excluding hydrogens is 418 g/mol. The average Bonchev–Trinajstić information content (AvgIpc) is 3.28. The van der Waals surface area contributed by atoms with Gasteiger partial charge >= 0.3 is 0 Å². The highest BCUT2D eigenvalue weighted by Crippen LogP contribution is 2.31. The molecule has 1 amide bonds. The van der Waals surface area contributed by atoms with Crippen LogP contribution in [0.4, 0.5) is 5.13 Å². The van der Waals surface area contributed by atoms with E-state index in [1.807, 2.05) is 43.8 Å². The Hall–Kier alpha value is -1.38. The number of carbonyl (C=O) groups is 1. The van der Waals surface area contributed by atoms with Crippen LogP contribution in [0.15, 0.2) is 46.7 Å². The standard InChI is InChI=1S/C19H21N3OS3.ClH/c1-21(2)10-11-22(18(23)9-7-14-5-4-12-25-14)19-20-16-8-6-15(24-3)13-17(16)26-19;/h4-9,12-13H,10-11H2,1-3H3;1H. The van der Waals surface area contributed by atoms with Crippen LogP contribution in [0.5, 0.6) is 0 Å². The number of hydrogen-bond donors (Lipinski definition) is 0. The maximum absolute atomic E-state index is 12.8. The van der Waals surface area contributed by atoms with E-state index in [4.69, 9.17) is 4.98 Å². The minimum absolute atomic E-state index is 0. The zero-order valence-corrected chi connectivity index (χ0v) is 18.7. The molecule has 0 radical (unpaired) electrons. The zero-order valence-electron chi connectivity index (χ0n) is 15.4. The van der Waals surface area contributed by atoms with E-state index >= 15 is 0 Å². The first-order chi connectivity index (χ1) is 12.6. The SMILES string of the molecule is CSc1ccc2nc(N(CCN(C)C)C(=O)C=Cc3cccs3)sc2c1.Cl. The average molecular weight is 440 g/mol. The molecule has 4 nitrogen and oxygen atoms in total. The van der Waals surface area contributed by atoms with Crippen LogP contribution in [0, 0.1) is 0 Å². The molecular formula is C19H22ClN3OS3. The van der Waals surface area contributed by atoms with E-state index in [-0.39, 0.29) is 18.3 Å². The van der Waals surface area contributed by atoms with E-state index in [9.17, 15) is 4.79 Å². The van der Waals surface area contributed by atoms with Crippen LogP contribution in [0.2, 0.25) is 0 Å². The lowest BCUT2D eigenvalue weighted by Crippen LogP contribution is -2.35. The Morgan fingerprint density at radius 1 is 1.26 bits per heavy atom. The van der Waals surface area contributed by atoms with Gasteiger partial charge in [-0.05, 0) is 56.1 Å². The van der Waals surface area contributed by atoms with E-state index in [0.717, 1.165) is 26.8 Å². The number of carbonyl (C=O) groups excluding carboxylic acids is 1. The highest BCUT2D eigenvalue weighted by molar-refractivity contribution is 7.98. The number of aromatic nitrogens is 1. The molecule has 0 bridgehead atoms. The lowest BCUT2D eigenvalue weighted by molar-refractivity contribution is -0.114. The third-order valence-electron chi connectivity index (χ3n) is 3.79. The molecule has 0 saturated carbocycles. The van der Waals surface area contributed by atoms with Gasteiger partial charge in [0.25, 0.3) is 5.91 Å². The Kier molecular flexibility index (Phi) is 8.31. The highest BCUT2D eigenvalue weighted by atomic mass is 35.5. The van der Waals surface area contributed by atoms with Gasteiger partial charge in [0.1, 0.15) is 0 Å². The number of likely N-dealkylation sites (N-methyl/N-ethyl adjacent to an activating group) is 1. The normalized spacial score (nSPS) is 11.3. The van der Waals surface area contributed by atoms with E-state index in [1.165, 1.54) is 4.90 Å². The number of halogens is 1. The maximum Gasteiger partial charge on any atom is 0.252 e. The second-order valence-electron chi connectivity index (χ2n) is 5.97.